The Morgan fingerprint density at radius 1 is 0.800 bits per heavy atom. The van der Waals surface area contributed by atoms with Gasteiger partial charge in [0.1, 0.15) is 0 Å². The monoisotopic (exact) mass is 211 g/mol. The number of hydrogen-bond acceptors (Lipinski definition) is 0. The molecule has 0 aliphatic carbocycles. The predicted molar refractivity (Wildman–Crippen MR) is 71.0 cm³/mol. The van der Waals surface area contributed by atoms with E-state index in [0.29, 0.717) is 0 Å². The van der Waals surface area contributed by atoms with Gasteiger partial charge in [-0.1, -0.05) is 91.4 Å². The molecule has 1 unspecified atom stereocenters. The lowest BCUT2D eigenvalue weighted by Gasteiger charge is -2.10. The van der Waals surface area contributed by atoms with Crippen molar-refractivity contribution in [1.82, 2.24) is 0 Å². The maximum Gasteiger partial charge on any atom is -0.0443 e. The van der Waals surface area contributed by atoms with Gasteiger partial charge < -0.3 is 0 Å². The van der Waals surface area contributed by atoms with Crippen LogP contribution in [0.1, 0.15) is 84.5 Å². The van der Waals surface area contributed by atoms with Crippen LogP contribution in [0, 0.1) is 12.8 Å². The van der Waals surface area contributed by atoms with Crippen LogP contribution in [0.5, 0.6) is 0 Å². The third-order valence-corrected chi connectivity index (χ3v) is 3.25. The van der Waals surface area contributed by atoms with Crippen molar-refractivity contribution >= 4 is 0 Å². The minimum atomic E-state index is 0.947. The van der Waals surface area contributed by atoms with Crippen molar-refractivity contribution in [1.29, 1.82) is 0 Å². The van der Waals surface area contributed by atoms with Gasteiger partial charge in [0.2, 0.25) is 0 Å². The Labute approximate surface area is 97.8 Å². The number of hydrogen-bond donors (Lipinski definition) is 0. The summed E-state index contributed by atoms with van der Waals surface area (Å²) in [5, 5.41) is 0. The first-order valence-electron chi connectivity index (χ1n) is 7.10. The zero-order valence-electron chi connectivity index (χ0n) is 11.1. The summed E-state index contributed by atoms with van der Waals surface area (Å²) < 4.78 is 0. The van der Waals surface area contributed by atoms with Crippen molar-refractivity contribution in [3.63, 3.8) is 0 Å². The molecular weight excluding hydrogens is 180 g/mol. The van der Waals surface area contributed by atoms with Crippen molar-refractivity contribution in [3.8, 4) is 0 Å². The Bertz CT molecular complexity index is 107. The van der Waals surface area contributed by atoms with E-state index in [-0.39, 0.29) is 0 Å². The summed E-state index contributed by atoms with van der Waals surface area (Å²) in [5.74, 6) is 0.947. The molecular formula is C15H31. The van der Waals surface area contributed by atoms with E-state index >= 15 is 0 Å². The molecule has 0 saturated carbocycles. The summed E-state index contributed by atoms with van der Waals surface area (Å²) in [6.07, 6.45) is 15.3. The SMILES string of the molecule is [CH2]CCCCC(C)CCCCCCCC. The number of unbranched alkanes of at least 4 members (excludes halogenated alkanes) is 7. The molecule has 0 saturated heterocycles. The summed E-state index contributed by atoms with van der Waals surface area (Å²) >= 11 is 0. The molecule has 0 fully saturated rings. The molecule has 0 aromatic carbocycles. The van der Waals surface area contributed by atoms with E-state index in [2.05, 4.69) is 20.8 Å². The van der Waals surface area contributed by atoms with Gasteiger partial charge in [-0.05, 0) is 5.92 Å². The maximum atomic E-state index is 3.89. The summed E-state index contributed by atoms with van der Waals surface area (Å²) in [6.45, 7) is 8.58. The summed E-state index contributed by atoms with van der Waals surface area (Å²) in [7, 11) is 0. The Kier molecular flexibility index (Phi) is 12.1. The first kappa shape index (κ1) is 15.0. The summed E-state index contributed by atoms with van der Waals surface area (Å²) in [6, 6.07) is 0. The minimum absolute atomic E-state index is 0.947. The maximum absolute atomic E-state index is 3.89. The van der Waals surface area contributed by atoms with Gasteiger partial charge in [0.25, 0.3) is 0 Å². The van der Waals surface area contributed by atoms with Crippen LogP contribution in [-0.4, -0.2) is 0 Å². The van der Waals surface area contributed by atoms with E-state index < -0.39 is 0 Å². The van der Waals surface area contributed by atoms with Crippen LogP contribution in [-0.2, 0) is 0 Å². The molecule has 1 radical (unpaired) electrons. The van der Waals surface area contributed by atoms with E-state index in [9.17, 15) is 0 Å². The standard InChI is InChI=1S/C15H31/c1-4-6-8-9-10-12-14-15(3)13-11-7-5-2/h15H,2,4-14H2,1,3H3. The van der Waals surface area contributed by atoms with Crippen LogP contribution in [0.2, 0.25) is 0 Å². The molecule has 0 heterocycles. The van der Waals surface area contributed by atoms with Gasteiger partial charge in [0.15, 0.2) is 0 Å². The highest BCUT2D eigenvalue weighted by Crippen LogP contribution is 2.17. The highest BCUT2D eigenvalue weighted by Gasteiger charge is 2.01. The third-order valence-electron chi connectivity index (χ3n) is 3.25. The molecule has 0 nitrogen and oxygen atoms in total. The normalized spacial score (nSPS) is 13.0. The van der Waals surface area contributed by atoms with Crippen molar-refractivity contribution in [3.05, 3.63) is 6.92 Å². The second-order valence-electron chi connectivity index (χ2n) is 5.01. The fourth-order valence-corrected chi connectivity index (χ4v) is 2.09. The molecule has 0 amide bonds. The van der Waals surface area contributed by atoms with Crippen molar-refractivity contribution < 1.29 is 0 Å². The first-order valence-corrected chi connectivity index (χ1v) is 7.10. The Morgan fingerprint density at radius 3 is 1.93 bits per heavy atom. The first-order chi connectivity index (χ1) is 7.31. The quantitative estimate of drug-likeness (QED) is 0.381. The fraction of sp³-hybridized carbons (Fsp3) is 0.933. The molecule has 0 aliphatic heterocycles. The Hall–Kier alpha value is 0. The lowest BCUT2D eigenvalue weighted by Crippen LogP contribution is -1.94. The van der Waals surface area contributed by atoms with Gasteiger partial charge in [-0.25, -0.2) is 0 Å². The Morgan fingerprint density at radius 2 is 1.33 bits per heavy atom. The smallest absolute Gasteiger partial charge is 0.0443 e. The zero-order valence-corrected chi connectivity index (χ0v) is 11.1. The zero-order chi connectivity index (χ0) is 11.4. The van der Waals surface area contributed by atoms with Crippen LogP contribution in [0.15, 0.2) is 0 Å². The minimum Gasteiger partial charge on any atom is -0.0654 e. The van der Waals surface area contributed by atoms with E-state index in [1.807, 2.05) is 0 Å². The van der Waals surface area contributed by atoms with Crippen molar-refractivity contribution in [2.24, 2.45) is 5.92 Å². The lowest BCUT2D eigenvalue weighted by atomic mass is 9.96. The van der Waals surface area contributed by atoms with Gasteiger partial charge in [-0.15, -0.1) is 0 Å². The van der Waals surface area contributed by atoms with Crippen molar-refractivity contribution in [2.75, 3.05) is 0 Å². The topological polar surface area (TPSA) is 0 Å². The summed E-state index contributed by atoms with van der Waals surface area (Å²) in [4.78, 5) is 0. The Balaban J connectivity index is 3.06. The fourth-order valence-electron chi connectivity index (χ4n) is 2.09. The molecule has 0 aromatic heterocycles. The van der Waals surface area contributed by atoms with Crippen LogP contribution in [0.3, 0.4) is 0 Å². The van der Waals surface area contributed by atoms with E-state index in [1.54, 1.807) is 0 Å². The molecule has 0 rings (SSSR count). The van der Waals surface area contributed by atoms with Crippen LogP contribution in [0.25, 0.3) is 0 Å². The third kappa shape index (κ3) is 11.9. The van der Waals surface area contributed by atoms with E-state index in [0.717, 1.165) is 12.3 Å². The average molecular weight is 211 g/mol. The molecule has 0 aromatic rings. The van der Waals surface area contributed by atoms with Crippen LogP contribution < -0.4 is 0 Å². The predicted octanol–water partition coefficient (Wildman–Crippen LogP) is 5.77. The van der Waals surface area contributed by atoms with Gasteiger partial charge in [0, 0.05) is 0 Å². The van der Waals surface area contributed by atoms with Gasteiger partial charge in [0.05, 0.1) is 0 Å². The largest absolute Gasteiger partial charge is 0.0654 e. The van der Waals surface area contributed by atoms with Gasteiger partial charge >= 0.3 is 0 Å². The number of rotatable bonds is 11. The molecule has 91 valence electrons. The van der Waals surface area contributed by atoms with E-state index in [4.69, 9.17) is 0 Å². The van der Waals surface area contributed by atoms with Crippen molar-refractivity contribution in [2.45, 2.75) is 84.5 Å². The highest BCUT2D eigenvalue weighted by atomic mass is 14.1. The van der Waals surface area contributed by atoms with Gasteiger partial charge in [-0.2, -0.15) is 0 Å². The molecule has 0 heteroatoms. The molecule has 0 spiro atoms. The van der Waals surface area contributed by atoms with Gasteiger partial charge in [-0.3, -0.25) is 0 Å². The second-order valence-corrected chi connectivity index (χ2v) is 5.01. The summed E-state index contributed by atoms with van der Waals surface area (Å²) in [5.41, 5.74) is 0. The van der Waals surface area contributed by atoms with E-state index in [1.165, 1.54) is 64.2 Å². The molecule has 0 aliphatic rings. The van der Waals surface area contributed by atoms with Crippen LogP contribution >= 0.6 is 0 Å². The lowest BCUT2D eigenvalue weighted by molar-refractivity contribution is 0.438. The van der Waals surface area contributed by atoms with Crippen LogP contribution in [0.4, 0.5) is 0 Å². The molecule has 1 atom stereocenters. The molecule has 0 N–H and O–H groups in total. The molecule has 15 heavy (non-hydrogen) atoms. The second kappa shape index (κ2) is 12.1. The average Bonchev–Trinajstić information content (AvgIpc) is 2.23. The molecule has 0 bridgehead atoms. The highest BCUT2D eigenvalue weighted by molar-refractivity contribution is 4.55.